The molecule has 2 aromatic heterocycles. The Kier molecular flexibility index (Phi) is 16.1. The lowest BCUT2D eigenvalue weighted by Gasteiger charge is -2.13. The van der Waals surface area contributed by atoms with Crippen LogP contribution in [0.25, 0.3) is 0 Å². The molecule has 6 rings (SSSR count). The molecule has 23 heteroatoms. The molecule has 68 heavy (non-hydrogen) atoms. The van der Waals surface area contributed by atoms with Gasteiger partial charge < -0.3 is 60.6 Å². The van der Waals surface area contributed by atoms with Crippen molar-refractivity contribution >= 4 is 70.2 Å². The van der Waals surface area contributed by atoms with Crippen molar-refractivity contribution < 1.29 is 29.4 Å². The van der Waals surface area contributed by atoms with Crippen molar-refractivity contribution in [3.05, 3.63) is 164 Å². The zero-order chi connectivity index (χ0) is 49.7. The number of nitrogens with zero attached hydrogens (tertiary/aromatic N) is 4. The van der Waals surface area contributed by atoms with Gasteiger partial charge in [-0.3, -0.25) is 31.2 Å². The van der Waals surface area contributed by atoms with Crippen molar-refractivity contribution in [1.82, 2.24) is 25.3 Å². The van der Waals surface area contributed by atoms with Crippen LogP contribution in [0, 0.1) is 21.6 Å². The van der Waals surface area contributed by atoms with Crippen LogP contribution in [0.3, 0.4) is 0 Å². The summed E-state index contributed by atoms with van der Waals surface area (Å²) in [5.74, 6) is -4.71. The minimum atomic E-state index is -1.38. The van der Waals surface area contributed by atoms with E-state index in [2.05, 4.69) is 35.9 Å². The highest BCUT2D eigenvalue weighted by atomic mass is 16.4. The lowest BCUT2D eigenvalue weighted by molar-refractivity contribution is 0.0680. The lowest BCUT2D eigenvalue weighted by atomic mass is 10.0. The average Bonchev–Trinajstić information content (AvgIpc) is 3.32. The fraction of sp³-hybridized carbons (Fsp3) is 0.111. The normalized spacial score (nSPS) is 10.4. The minimum absolute atomic E-state index is 0.0426. The van der Waals surface area contributed by atoms with Crippen LogP contribution in [0.5, 0.6) is 0 Å². The second-order valence-electron chi connectivity index (χ2n) is 14.7. The second-order valence-corrected chi connectivity index (χ2v) is 14.7. The Labute approximate surface area is 387 Å². The summed E-state index contributed by atoms with van der Waals surface area (Å²) >= 11 is 0. The Bertz CT molecular complexity index is 2910. The van der Waals surface area contributed by atoms with Crippen LogP contribution in [-0.2, 0) is 26.1 Å². The Morgan fingerprint density at radius 1 is 0.456 bits per heavy atom. The van der Waals surface area contributed by atoms with Gasteiger partial charge in [0, 0.05) is 48.3 Å². The summed E-state index contributed by atoms with van der Waals surface area (Å²) in [6, 6.07) is 27.3. The zero-order valence-electron chi connectivity index (χ0n) is 36.1. The number of aromatic nitrogens is 4. The molecule has 0 aliphatic rings. The molecule has 1 amide bonds. The van der Waals surface area contributed by atoms with Crippen molar-refractivity contribution in [2.75, 3.05) is 22.1 Å². The molecule has 348 valence electrons. The smallest absolute Gasteiger partial charge is 0.358 e. The Balaban J connectivity index is 0.000000254. The lowest BCUT2D eigenvalue weighted by Crippen LogP contribution is -2.27. The Hall–Kier alpha value is -9.80. The molecule has 0 saturated carbocycles. The van der Waals surface area contributed by atoms with Gasteiger partial charge in [0.1, 0.15) is 23.3 Å². The fourth-order valence-corrected chi connectivity index (χ4v) is 6.08. The number of Topliss-reactive ketones (excluding diaryl/α,β-unsaturated/α-hetero) is 1. The number of ketones is 1. The highest BCUT2D eigenvalue weighted by Gasteiger charge is 2.23. The summed E-state index contributed by atoms with van der Waals surface area (Å²) in [5, 5.41) is 57.1. The maximum Gasteiger partial charge on any atom is 0.358 e. The van der Waals surface area contributed by atoms with Crippen LogP contribution >= 0.6 is 0 Å². The number of nitrogens with two attached hydrogens (primary N) is 6. The summed E-state index contributed by atoms with van der Waals surface area (Å²) < 4.78 is 0. The molecule has 6 aromatic rings. The van der Waals surface area contributed by atoms with Gasteiger partial charge in [0.25, 0.3) is 5.91 Å². The number of hydrogen-bond acceptors (Lipinski definition) is 16. The number of amidine groups is 4. The number of anilines is 4. The monoisotopic (exact) mass is 921 g/mol. The molecule has 0 aliphatic heterocycles. The number of nitrogen functional groups attached to an aromatic ring is 6. The minimum Gasteiger partial charge on any atom is -0.476 e. The number of amides is 1. The van der Waals surface area contributed by atoms with Crippen LogP contribution in [0.15, 0.2) is 97.1 Å². The van der Waals surface area contributed by atoms with Crippen LogP contribution in [-0.4, -0.2) is 77.1 Å². The summed E-state index contributed by atoms with van der Waals surface area (Å²) in [5.41, 5.74) is 37.6. The first-order valence-electron chi connectivity index (χ1n) is 20.1. The number of nitrogens with one attached hydrogen (secondary N) is 7. The summed E-state index contributed by atoms with van der Waals surface area (Å²) in [4.78, 5) is 64.7. The highest BCUT2D eigenvalue weighted by Crippen LogP contribution is 2.21. The van der Waals surface area contributed by atoms with Gasteiger partial charge in [-0.25, -0.2) is 29.5 Å². The number of aromatic carboxylic acids is 2. The molecular weight excluding hydrogens is 875 g/mol. The molecule has 0 aliphatic carbocycles. The van der Waals surface area contributed by atoms with Crippen molar-refractivity contribution in [3.8, 4) is 0 Å². The number of carbonyl (C=O) groups excluding carboxylic acids is 2. The van der Waals surface area contributed by atoms with E-state index in [1.807, 2.05) is 0 Å². The quantitative estimate of drug-likeness (QED) is 0.0315. The van der Waals surface area contributed by atoms with E-state index in [0.717, 1.165) is 22.3 Å². The van der Waals surface area contributed by atoms with Crippen molar-refractivity contribution in [2.24, 2.45) is 22.9 Å². The molecule has 21 N–H and O–H groups in total. The average molecular weight is 922 g/mol. The SMILES string of the molecule is N=C(N)c1ccc(CCC(=O)c2nc(NCc3ccc(C(=N)N)cc3)c(C(=O)O)nc2N)cc1.N=C(N)c1ccc(CNC(=O)c2nc(N)c(C(=O)O)nc2NCc2ccc(C(=N)N)cc2)cc1. The standard InChI is InChI=1S/C23H24N8O3.C22H23N9O3/c24-19(25)14-6-1-12(2-7-14)5-10-16(32)17-21(28)30-18(23(33)34)22(31-17)29-11-13-3-8-15(9-4-13)20(26)27;23-17(24)13-5-1-11(2-6-13)9-28-20-16(30-19(27)15(31-20)22(33)34)21(32)29-10-12-3-7-14(8-4-12)18(25)26/h1-4,6-9H,5,10-11H2,(H3,24,25)(H3,26,27)(H2,28,30)(H,29,31)(H,33,34);1-8H,9-10H2,(H3,23,24)(H3,25,26)(H2,27,30)(H,28,31)(H,29,32)(H,33,34). The second kappa shape index (κ2) is 22.2. The first-order valence-corrected chi connectivity index (χ1v) is 20.1. The number of carboxylic acid groups (broad SMARTS) is 2. The summed E-state index contributed by atoms with van der Waals surface area (Å²) in [6.45, 7) is 0.543. The Morgan fingerprint density at radius 3 is 1.19 bits per heavy atom. The molecule has 0 fully saturated rings. The van der Waals surface area contributed by atoms with E-state index < -0.39 is 29.2 Å². The predicted molar refractivity (Wildman–Crippen MR) is 255 cm³/mol. The van der Waals surface area contributed by atoms with Crippen LogP contribution in [0.1, 0.15) is 92.9 Å². The van der Waals surface area contributed by atoms with Crippen LogP contribution < -0.4 is 50.4 Å². The van der Waals surface area contributed by atoms with Gasteiger partial charge in [0.05, 0.1) is 0 Å². The topological polar surface area (TPSA) is 448 Å². The molecule has 0 saturated heterocycles. The molecule has 0 spiro atoms. The third-order valence-corrected chi connectivity index (χ3v) is 9.80. The molecule has 0 bridgehead atoms. The number of aryl methyl sites for hydroxylation is 1. The van der Waals surface area contributed by atoms with Gasteiger partial charge >= 0.3 is 11.9 Å². The molecular formula is C45H47N17O6. The number of benzene rings is 4. The van der Waals surface area contributed by atoms with E-state index in [1.54, 1.807) is 97.1 Å². The maximum absolute atomic E-state index is 12.8. The third kappa shape index (κ3) is 13.1. The van der Waals surface area contributed by atoms with E-state index >= 15 is 0 Å². The highest BCUT2D eigenvalue weighted by molar-refractivity contribution is 6.01. The van der Waals surface area contributed by atoms with E-state index in [9.17, 15) is 29.4 Å². The van der Waals surface area contributed by atoms with Gasteiger partial charge in [-0.05, 0) is 28.7 Å². The van der Waals surface area contributed by atoms with Crippen LogP contribution in [0.4, 0.5) is 23.3 Å². The van der Waals surface area contributed by atoms with E-state index in [-0.39, 0.29) is 89.8 Å². The van der Waals surface area contributed by atoms with Gasteiger partial charge in [-0.15, -0.1) is 0 Å². The van der Waals surface area contributed by atoms with Gasteiger partial charge in [-0.1, -0.05) is 97.1 Å². The van der Waals surface area contributed by atoms with Crippen LogP contribution in [0.2, 0.25) is 0 Å². The first kappa shape index (κ1) is 49.2. The molecule has 23 nitrogen and oxygen atoms in total. The molecule has 0 atom stereocenters. The maximum atomic E-state index is 12.8. The summed E-state index contributed by atoms with van der Waals surface area (Å²) in [7, 11) is 0. The number of hydrogen-bond donors (Lipinski definition) is 15. The van der Waals surface area contributed by atoms with Gasteiger partial charge in [0.15, 0.2) is 51.8 Å². The number of carbonyl (C=O) groups is 4. The fourth-order valence-electron chi connectivity index (χ4n) is 6.08. The largest absolute Gasteiger partial charge is 0.476 e. The summed E-state index contributed by atoms with van der Waals surface area (Å²) in [6.07, 6.45) is 0.473. The van der Waals surface area contributed by atoms with E-state index in [1.165, 1.54) is 0 Å². The first-order chi connectivity index (χ1) is 32.3. The molecule has 0 unspecified atom stereocenters. The van der Waals surface area contributed by atoms with Gasteiger partial charge in [0.2, 0.25) is 0 Å². The Morgan fingerprint density at radius 2 is 0.794 bits per heavy atom. The predicted octanol–water partition coefficient (Wildman–Crippen LogP) is 2.62. The zero-order valence-corrected chi connectivity index (χ0v) is 36.1. The number of rotatable bonds is 19. The van der Waals surface area contributed by atoms with E-state index in [0.29, 0.717) is 28.7 Å². The van der Waals surface area contributed by atoms with Crippen molar-refractivity contribution in [1.29, 1.82) is 21.6 Å². The van der Waals surface area contributed by atoms with Gasteiger partial charge in [-0.2, -0.15) is 0 Å². The molecule has 4 aromatic carbocycles. The van der Waals surface area contributed by atoms with Crippen molar-refractivity contribution in [2.45, 2.75) is 32.5 Å². The van der Waals surface area contributed by atoms with Crippen molar-refractivity contribution in [3.63, 3.8) is 0 Å². The molecule has 0 radical (unpaired) electrons. The number of carboxylic acids is 2. The van der Waals surface area contributed by atoms with E-state index in [4.69, 9.17) is 56.0 Å². The third-order valence-electron chi connectivity index (χ3n) is 9.80. The molecule has 2 heterocycles.